The number of hydrogen-bond acceptors (Lipinski definition) is 5. The molecule has 1 saturated heterocycles. The van der Waals surface area contributed by atoms with Crippen LogP contribution < -0.4 is 0 Å². The summed E-state index contributed by atoms with van der Waals surface area (Å²) in [5.74, 6) is -2.52. The molecule has 0 aromatic carbocycles. The van der Waals surface area contributed by atoms with Crippen molar-refractivity contribution >= 4 is 0 Å². The molecule has 2 aliphatic rings. The van der Waals surface area contributed by atoms with Gasteiger partial charge in [-0.05, 0) is 49.0 Å². The van der Waals surface area contributed by atoms with Crippen LogP contribution in [0.1, 0.15) is 27.2 Å². The molecule has 0 aromatic heterocycles. The van der Waals surface area contributed by atoms with Gasteiger partial charge in [0.1, 0.15) is 0 Å². The highest BCUT2D eigenvalue weighted by Gasteiger charge is 2.71. The van der Waals surface area contributed by atoms with Crippen molar-refractivity contribution in [3.05, 3.63) is 0 Å². The zero-order valence-electron chi connectivity index (χ0n) is 17.6. The summed E-state index contributed by atoms with van der Waals surface area (Å²) in [6.07, 6.45) is 0.290. The minimum absolute atomic E-state index is 0.0296. The third kappa shape index (κ3) is 7.00. The largest absolute Gasteiger partial charge is 0.381 e. The molecular weight excluding hydrogens is 342 g/mol. The molecule has 1 atom stereocenters. The maximum absolute atomic E-state index is 13.0. The van der Waals surface area contributed by atoms with E-state index in [-0.39, 0.29) is 18.4 Å². The number of ether oxygens (including phenoxy) is 3. The lowest BCUT2D eigenvalue weighted by atomic mass is 9.86. The van der Waals surface area contributed by atoms with Gasteiger partial charge in [0, 0.05) is 26.1 Å². The summed E-state index contributed by atoms with van der Waals surface area (Å²) in [6.45, 7) is 10.6. The van der Waals surface area contributed by atoms with Crippen molar-refractivity contribution in [1.82, 2.24) is 9.80 Å². The second-order valence-corrected chi connectivity index (χ2v) is 8.63. The highest BCUT2D eigenvalue weighted by molar-refractivity contribution is 5.11. The fourth-order valence-electron chi connectivity index (χ4n) is 3.28. The lowest BCUT2D eigenvalue weighted by Gasteiger charge is -2.43. The van der Waals surface area contributed by atoms with Crippen LogP contribution in [0.15, 0.2) is 0 Å². The molecule has 0 bridgehead atoms. The Labute approximate surface area is 157 Å². The van der Waals surface area contributed by atoms with Crippen LogP contribution in [0, 0.1) is 10.8 Å². The first-order chi connectivity index (χ1) is 12.0. The van der Waals surface area contributed by atoms with Gasteiger partial charge in [-0.2, -0.15) is 0 Å². The second-order valence-electron chi connectivity index (χ2n) is 8.63. The lowest BCUT2D eigenvalue weighted by Crippen LogP contribution is -2.52. The van der Waals surface area contributed by atoms with Crippen molar-refractivity contribution in [2.24, 2.45) is 10.8 Å². The van der Waals surface area contributed by atoms with Crippen LogP contribution in [-0.2, 0) is 14.2 Å². The highest BCUT2D eigenvalue weighted by atomic mass is 19.3. The van der Waals surface area contributed by atoms with Gasteiger partial charge in [0.15, 0.2) is 0 Å². The number of nitrogens with zero attached hydrogens (tertiary/aromatic N) is 2. The number of halogens is 2. The van der Waals surface area contributed by atoms with Gasteiger partial charge in [0.05, 0.1) is 43.4 Å². The molecule has 1 saturated carbocycles. The molecule has 0 N–H and O–H groups in total. The fraction of sp³-hybridized carbons (Fsp3) is 1.00. The first-order valence-electron chi connectivity index (χ1n) is 9.42. The van der Waals surface area contributed by atoms with E-state index < -0.39 is 11.3 Å². The Morgan fingerprint density at radius 2 is 1.54 bits per heavy atom. The fourth-order valence-corrected chi connectivity index (χ4v) is 3.28. The third-order valence-electron chi connectivity index (χ3n) is 4.60. The SMILES string of the molecule is CC(C)OCC1(CN(C)C)COC1.CCOCC1(CN(C)C)CC1(F)F. The van der Waals surface area contributed by atoms with E-state index in [9.17, 15) is 8.78 Å². The molecule has 2 fully saturated rings. The molecule has 156 valence electrons. The quantitative estimate of drug-likeness (QED) is 0.582. The van der Waals surface area contributed by atoms with Crippen LogP contribution in [-0.4, -0.2) is 96.1 Å². The zero-order chi connectivity index (χ0) is 20.0. The Bertz CT molecular complexity index is 416. The van der Waals surface area contributed by atoms with Crippen molar-refractivity contribution in [3.8, 4) is 0 Å². The molecule has 0 aromatic rings. The summed E-state index contributed by atoms with van der Waals surface area (Å²) in [4.78, 5) is 3.99. The first kappa shape index (κ1) is 23.7. The van der Waals surface area contributed by atoms with Crippen LogP contribution in [0.2, 0.25) is 0 Å². The molecular formula is C19H38F2N2O3. The minimum atomic E-state index is -2.52. The normalized spacial score (nSPS) is 25.8. The molecule has 1 unspecified atom stereocenters. The summed E-state index contributed by atoms with van der Waals surface area (Å²) in [6, 6.07) is 0. The average molecular weight is 381 g/mol. The van der Waals surface area contributed by atoms with Gasteiger partial charge in [-0.3, -0.25) is 0 Å². The number of hydrogen-bond donors (Lipinski definition) is 0. The molecule has 0 amide bonds. The molecule has 26 heavy (non-hydrogen) atoms. The lowest BCUT2D eigenvalue weighted by molar-refractivity contribution is -0.162. The van der Waals surface area contributed by atoms with Crippen LogP contribution in [0.25, 0.3) is 0 Å². The summed E-state index contributed by atoms with van der Waals surface area (Å²) >= 11 is 0. The van der Waals surface area contributed by atoms with Crippen LogP contribution in [0.3, 0.4) is 0 Å². The molecule has 0 radical (unpaired) electrons. The molecule has 1 heterocycles. The average Bonchev–Trinajstić information content (AvgIpc) is 2.99. The van der Waals surface area contributed by atoms with Crippen molar-refractivity contribution in [1.29, 1.82) is 0 Å². The predicted molar refractivity (Wildman–Crippen MR) is 99.9 cm³/mol. The Kier molecular flexibility index (Phi) is 8.87. The van der Waals surface area contributed by atoms with E-state index in [4.69, 9.17) is 14.2 Å². The van der Waals surface area contributed by atoms with E-state index in [1.54, 1.807) is 4.90 Å². The van der Waals surface area contributed by atoms with Gasteiger partial charge in [0.2, 0.25) is 0 Å². The topological polar surface area (TPSA) is 34.2 Å². The molecule has 5 nitrogen and oxygen atoms in total. The molecule has 1 aliphatic heterocycles. The monoisotopic (exact) mass is 380 g/mol. The van der Waals surface area contributed by atoms with E-state index in [2.05, 4.69) is 32.8 Å². The van der Waals surface area contributed by atoms with Crippen molar-refractivity contribution in [2.75, 3.05) is 74.3 Å². The van der Waals surface area contributed by atoms with Gasteiger partial charge >= 0.3 is 0 Å². The van der Waals surface area contributed by atoms with E-state index >= 15 is 0 Å². The summed E-state index contributed by atoms with van der Waals surface area (Å²) < 4.78 is 42.1. The first-order valence-corrected chi connectivity index (χ1v) is 9.42. The van der Waals surface area contributed by atoms with Crippen molar-refractivity contribution in [2.45, 2.75) is 39.2 Å². The maximum atomic E-state index is 13.0. The van der Waals surface area contributed by atoms with Crippen molar-refractivity contribution in [3.63, 3.8) is 0 Å². The highest BCUT2D eigenvalue weighted by Crippen LogP contribution is 2.60. The third-order valence-corrected chi connectivity index (χ3v) is 4.60. The maximum Gasteiger partial charge on any atom is 0.258 e. The standard InChI is InChI=1S/C10H21NO2.C9H17F2NO/c1-9(2)13-8-10(5-11(3)4)6-12-7-10;1-4-13-7-8(6-12(2)3)5-9(8,10)11/h9H,5-8H2,1-4H3;4-7H2,1-3H3. The Morgan fingerprint density at radius 3 is 1.85 bits per heavy atom. The number of rotatable bonds is 10. The Hall–Kier alpha value is -0.340. The van der Waals surface area contributed by atoms with Gasteiger partial charge in [-0.25, -0.2) is 8.78 Å². The molecule has 7 heteroatoms. The van der Waals surface area contributed by atoms with Crippen LogP contribution >= 0.6 is 0 Å². The van der Waals surface area contributed by atoms with E-state index in [1.165, 1.54) is 0 Å². The van der Waals surface area contributed by atoms with E-state index in [1.807, 2.05) is 21.0 Å². The summed E-state index contributed by atoms with van der Waals surface area (Å²) in [7, 11) is 7.80. The van der Waals surface area contributed by atoms with Gasteiger partial charge in [0.25, 0.3) is 5.92 Å². The summed E-state index contributed by atoms with van der Waals surface area (Å²) in [5.41, 5.74) is -0.652. The second kappa shape index (κ2) is 9.73. The van der Waals surface area contributed by atoms with Crippen LogP contribution in [0.4, 0.5) is 8.78 Å². The smallest absolute Gasteiger partial charge is 0.258 e. The van der Waals surface area contributed by atoms with Crippen LogP contribution in [0.5, 0.6) is 0 Å². The van der Waals surface area contributed by atoms with E-state index in [0.29, 0.717) is 19.3 Å². The van der Waals surface area contributed by atoms with Gasteiger partial charge in [-0.1, -0.05) is 0 Å². The van der Waals surface area contributed by atoms with Crippen molar-refractivity contribution < 1.29 is 23.0 Å². The zero-order valence-corrected chi connectivity index (χ0v) is 17.6. The number of alkyl halides is 2. The van der Waals surface area contributed by atoms with Gasteiger partial charge in [-0.15, -0.1) is 0 Å². The Balaban J connectivity index is 0.000000260. The molecule has 1 aliphatic carbocycles. The molecule has 2 rings (SSSR count). The predicted octanol–water partition coefficient (Wildman–Crippen LogP) is 2.60. The molecule has 0 spiro atoms. The minimum Gasteiger partial charge on any atom is -0.381 e. The van der Waals surface area contributed by atoms with Gasteiger partial charge < -0.3 is 24.0 Å². The summed E-state index contributed by atoms with van der Waals surface area (Å²) in [5, 5.41) is 0. The van der Waals surface area contributed by atoms with E-state index in [0.717, 1.165) is 26.4 Å². The Morgan fingerprint density at radius 1 is 1.00 bits per heavy atom.